The number of rotatable bonds is 3. The van der Waals surface area contributed by atoms with Gasteiger partial charge in [0.15, 0.2) is 0 Å². The molecule has 118 valence electrons. The standard InChI is InChI=1S/C16H19FN2O3/c17-12-3-1-2-11(8-12)15(20)19-13-4-5-14(19)7-10(6-13)9-22-16(18)21/h1-3,8,10,13-14H,4-7,9H2,(H2,18,21). The van der Waals surface area contributed by atoms with Crippen molar-refractivity contribution in [1.29, 1.82) is 0 Å². The first-order valence-corrected chi connectivity index (χ1v) is 7.55. The Kier molecular flexibility index (Phi) is 4.00. The van der Waals surface area contributed by atoms with Gasteiger partial charge in [-0.1, -0.05) is 6.07 Å². The summed E-state index contributed by atoms with van der Waals surface area (Å²) in [7, 11) is 0. The second-order valence-corrected chi connectivity index (χ2v) is 6.08. The number of ether oxygens (including phenoxy) is 1. The highest BCUT2D eigenvalue weighted by Crippen LogP contribution is 2.39. The van der Waals surface area contributed by atoms with Crippen LogP contribution in [0.15, 0.2) is 24.3 Å². The van der Waals surface area contributed by atoms with Crippen LogP contribution in [0, 0.1) is 11.7 Å². The first-order valence-electron chi connectivity index (χ1n) is 7.55. The number of nitrogens with zero attached hydrogens (tertiary/aromatic N) is 1. The summed E-state index contributed by atoms with van der Waals surface area (Å²) in [5.74, 6) is -0.272. The maximum Gasteiger partial charge on any atom is 0.404 e. The zero-order valence-electron chi connectivity index (χ0n) is 12.2. The van der Waals surface area contributed by atoms with Crippen LogP contribution in [-0.2, 0) is 4.74 Å². The molecular formula is C16H19FN2O3. The third-order valence-corrected chi connectivity index (χ3v) is 4.60. The van der Waals surface area contributed by atoms with Crippen molar-refractivity contribution in [1.82, 2.24) is 4.90 Å². The number of hydrogen-bond acceptors (Lipinski definition) is 3. The summed E-state index contributed by atoms with van der Waals surface area (Å²) in [6.07, 6.45) is 2.72. The van der Waals surface area contributed by atoms with Gasteiger partial charge in [-0.25, -0.2) is 9.18 Å². The highest BCUT2D eigenvalue weighted by molar-refractivity contribution is 5.95. The molecule has 2 N–H and O–H groups in total. The molecule has 0 aromatic heterocycles. The Bertz CT molecular complexity index is 579. The largest absolute Gasteiger partial charge is 0.449 e. The molecule has 1 aromatic rings. The Labute approximate surface area is 128 Å². The van der Waals surface area contributed by atoms with Gasteiger partial charge in [0.05, 0.1) is 6.61 Å². The van der Waals surface area contributed by atoms with Crippen molar-refractivity contribution in [2.75, 3.05) is 6.61 Å². The maximum atomic E-state index is 13.3. The summed E-state index contributed by atoms with van der Waals surface area (Å²) in [6, 6.07) is 6.08. The lowest BCUT2D eigenvalue weighted by Crippen LogP contribution is -2.47. The molecule has 2 unspecified atom stereocenters. The smallest absolute Gasteiger partial charge is 0.404 e. The lowest BCUT2D eigenvalue weighted by Gasteiger charge is -2.38. The molecule has 2 amide bonds. The summed E-state index contributed by atoms with van der Waals surface area (Å²) in [5.41, 5.74) is 5.39. The van der Waals surface area contributed by atoms with Gasteiger partial charge in [-0.3, -0.25) is 4.79 Å². The molecular weight excluding hydrogens is 287 g/mol. The van der Waals surface area contributed by atoms with E-state index < -0.39 is 11.9 Å². The molecule has 2 fully saturated rings. The normalized spacial score (nSPS) is 26.8. The van der Waals surface area contributed by atoms with Crippen LogP contribution >= 0.6 is 0 Å². The molecule has 2 heterocycles. The number of nitrogens with two attached hydrogens (primary N) is 1. The summed E-state index contributed by atoms with van der Waals surface area (Å²) >= 11 is 0. The molecule has 22 heavy (non-hydrogen) atoms. The van der Waals surface area contributed by atoms with Crippen LogP contribution in [0.4, 0.5) is 9.18 Å². The quantitative estimate of drug-likeness (QED) is 0.931. The molecule has 3 rings (SSSR count). The van der Waals surface area contributed by atoms with Gasteiger partial charge in [0.2, 0.25) is 0 Å². The summed E-state index contributed by atoms with van der Waals surface area (Å²) in [6.45, 7) is 0.310. The van der Waals surface area contributed by atoms with E-state index in [0.717, 1.165) is 25.7 Å². The highest BCUT2D eigenvalue weighted by atomic mass is 19.1. The topological polar surface area (TPSA) is 72.6 Å². The fourth-order valence-electron chi connectivity index (χ4n) is 3.73. The molecule has 2 atom stereocenters. The van der Waals surface area contributed by atoms with Crippen molar-refractivity contribution in [2.24, 2.45) is 11.7 Å². The number of fused-ring (bicyclic) bond motifs is 2. The second-order valence-electron chi connectivity index (χ2n) is 6.08. The molecule has 2 aliphatic heterocycles. The maximum absolute atomic E-state index is 13.3. The number of carbonyl (C=O) groups excluding carboxylic acids is 2. The Morgan fingerprint density at radius 3 is 2.55 bits per heavy atom. The first kappa shape index (κ1) is 14.8. The molecule has 5 nitrogen and oxygen atoms in total. The van der Waals surface area contributed by atoms with Crippen molar-refractivity contribution in [3.05, 3.63) is 35.6 Å². The van der Waals surface area contributed by atoms with E-state index in [2.05, 4.69) is 0 Å². The van der Waals surface area contributed by atoms with Gasteiger partial charge in [-0.15, -0.1) is 0 Å². The van der Waals surface area contributed by atoms with Crippen molar-refractivity contribution >= 4 is 12.0 Å². The number of amides is 2. The van der Waals surface area contributed by atoms with Crippen LogP contribution in [-0.4, -0.2) is 35.6 Å². The second kappa shape index (κ2) is 5.94. The average Bonchev–Trinajstić information content (AvgIpc) is 2.75. The van der Waals surface area contributed by atoms with E-state index in [9.17, 15) is 14.0 Å². The van der Waals surface area contributed by atoms with Gasteiger partial charge >= 0.3 is 6.09 Å². The first-order chi connectivity index (χ1) is 10.5. The number of carbonyl (C=O) groups is 2. The minimum atomic E-state index is -0.759. The van der Waals surface area contributed by atoms with Gasteiger partial charge in [0.1, 0.15) is 5.82 Å². The molecule has 2 saturated heterocycles. The van der Waals surface area contributed by atoms with Crippen LogP contribution < -0.4 is 5.73 Å². The predicted octanol–water partition coefficient (Wildman–Crippen LogP) is 2.30. The number of halogens is 1. The Morgan fingerprint density at radius 2 is 1.95 bits per heavy atom. The molecule has 2 aliphatic rings. The number of primary amides is 1. The van der Waals surface area contributed by atoms with Crippen LogP contribution in [0.2, 0.25) is 0 Å². The summed E-state index contributed by atoms with van der Waals surface area (Å²) < 4.78 is 18.2. The lowest BCUT2D eigenvalue weighted by atomic mass is 9.91. The minimum Gasteiger partial charge on any atom is -0.449 e. The molecule has 6 heteroatoms. The van der Waals surface area contributed by atoms with E-state index in [-0.39, 0.29) is 23.9 Å². The molecule has 2 bridgehead atoms. The average molecular weight is 306 g/mol. The van der Waals surface area contributed by atoms with Crippen LogP contribution in [0.25, 0.3) is 0 Å². The SMILES string of the molecule is NC(=O)OCC1CC2CCC(C1)N2C(=O)c1cccc(F)c1. The van der Waals surface area contributed by atoms with Crippen molar-refractivity contribution in [3.8, 4) is 0 Å². The Morgan fingerprint density at radius 1 is 1.27 bits per heavy atom. The van der Waals surface area contributed by atoms with E-state index in [1.165, 1.54) is 12.1 Å². The number of hydrogen-bond donors (Lipinski definition) is 1. The Balaban J connectivity index is 1.69. The number of piperidine rings is 1. The van der Waals surface area contributed by atoms with Crippen LogP contribution in [0.5, 0.6) is 0 Å². The van der Waals surface area contributed by atoms with E-state index in [0.29, 0.717) is 12.2 Å². The fraction of sp³-hybridized carbons (Fsp3) is 0.500. The molecule has 0 saturated carbocycles. The third kappa shape index (κ3) is 2.91. The van der Waals surface area contributed by atoms with Crippen LogP contribution in [0.1, 0.15) is 36.0 Å². The van der Waals surface area contributed by atoms with E-state index >= 15 is 0 Å². The van der Waals surface area contributed by atoms with Gasteiger partial charge < -0.3 is 15.4 Å². The number of benzene rings is 1. The molecule has 0 radical (unpaired) electrons. The van der Waals surface area contributed by atoms with Crippen molar-refractivity contribution in [2.45, 2.75) is 37.8 Å². The summed E-state index contributed by atoms with van der Waals surface area (Å²) in [5, 5.41) is 0. The predicted molar refractivity (Wildman–Crippen MR) is 77.6 cm³/mol. The van der Waals surface area contributed by atoms with Crippen molar-refractivity contribution in [3.63, 3.8) is 0 Å². The van der Waals surface area contributed by atoms with Crippen LogP contribution in [0.3, 0.4) is 0 Å². The zero-order valence-corrected chi connectivity index (χ0v) is 12.2. The lowest BCUT2D eigenvalue weighted by molar-refractivity contribution is 0.0424. The van der Waals surface area contributed by atoms with E-state index in [1.54, 1.807) is 12.1 Å². The van der Waals surface area contributed by atoms with E-state index in [4.69, 9.17) is 10.5 Å². The summed E-state index contributed by atoms with van der Waals surface area (Å²) in [4.78, 5) is 25.2. The van der Waals surface area contributed by atoms with Gasteiger partial charge in [-0.05, 0) is 49.8 Å². The zero-order chi connectivity index (χ0) is 15.7. The fourth-order valence-corrected chi connectivity index (χ4v) is 3.73. The Hall–Kier alpha value is -2.11. The third-order valence-electron chi connectivity index (χ3n) is 4.60. The molecule has 1 aromatic carbocycles. The minimum absolute atomic E-state index is 0.110. The highest BCUT2D eigenvalue weighted by Gasteiger charge is 2.43. The van der Waals surface area contributed by atoms with Gasteiger partial charge in [0.25, 0.3) is 5.91 Å². The van der Waals surface area contributed by atoms with E-state index in [1.807, 2.05) is 4.90 Å². The van der Waals surface area contributed by atoms with Crippen molar-refractivity contribution < 1.29 is 18.7 Å². The molecule has 0 spiro atoms. The molecule has 0 aliphatic carbocycles. The van der Waals surface area contributed by atoms with Gasteiger partial charge in [0, 0.05) is 17.6 Å². The van der Waals surface area contributed by atoms with Gasteiger partial charge in [-0.2, -0.15) is 0 Å². The monoisotopic (exact) mass is 306 g/mol.